The SMILES string of the molecule is CCCCOCCCC(=O)CCCBr. The van der Waals surface area contributed by atoms with E-state index in [1.807, 2.05) is 0 Å². The molecule has 0 aromatic rings. The summed E-state index contributed by atoms with van der Waals surface area (Å²) < 4.78 is 5.37. The van der Waals surface area contributed by atoms with E-state index in [1.54, 1.807) is 0 Å². The Morgan fingerprint density at radius 2 is 1.79 bits per heavy atom. The minimum atomic E-state index is 0.364. The molecular formula is C11H21BrO2. The van der Waals surface area contributed by atoms with Gasteiger partial charge in [-0.25, -0.2) is 0 Å². The van der Waals surface area contributed by atoms with Crippen LogP contribution in [-0.2, 0) is 9.53 Å². The third-order valence-electron chi connectivity index (χ3n) is 1.98. The van der Waals surface area contributed by atoms with Crippen LogP contribution in [0.3, 0.4) is 0 Å². The first-order valence-electron chi connectivity index (χ1n) is 5.46. The minimum absolute atomic E-state index is 0.364. The second-order valence-corrected chi connectivity index (χ2v) is 4.19. The first-order chi connectivity index (χ1) is 6.81. The van der Waals surface area contributed by atoms with Gasteiger partial charge in [-0.15, -0.1) is 0 Å². The third-order valence-corrected chi connectivity index (χ3v) is 2.54. The molecule has 0 atom stereocenters. The summed E-state index contributed by atoms with van der Waals surface area (Å²) in [5.41, 5.74) is 0. The molecule has 0 N–H and O–H groups in total. The van der Waals surface area contributed by atoms with Crippen molar-refractivity contribution in [3.05, 3.63) is 0 Å². The molecule has 0 heterocycles. The standard InChI is InChI=1S/C11H21BrO2/c1-2-3-9-14-10-5-7-11(13)6-4-8-12/h2-10H2,1H3. The van der Waals surface area contributed by atoms with Crippen molar-refractivity contribution in [2.75, 3.05) is 18.5 Å². The number of carbonyl (C=O) groups is 1. The van der Waals surface area contributed by atoms with Crippen molar-refractivity contribution in [3.8, 4) is 0 Å². The summed E-state index contributed by atoms with van der Waals surface area (Å²) in [6.45, 7) is 3.72. The van der Waals surface area contributed by atoms with E-state index in [0.29, 0.717) is 18.6 Å². The second-order valence-electron chi connectivity index (χ2n) is 3.40. The van der Waals surface area contributed by atoms with Gasteiger partial charge >= 0.3 is 0 Å². The van der Waals surface area contributed by atoms with Crippen molar-refractivity contribution in [3.63, 3.8) is 0 Å². The number of unbranched alkanes of at least 4 members (excludes halogenated alkanes) is 1. The molecule has 0 aliphatic heterocycles. The van der Waals surface area contributed by atoms with Crippen LogP contribution < -0.4 is 0 Å². The number of rotatable bonds is 10. The Labute approximate surface area is 95.5 Å². The zero-order chi connectivity index (χ0) is 10.6. The van der Waals surface area contributed by atoms with Gasteiger partial charge in [0.1, 0.15) is 5.78 Å². The second kappa shape index (κ2) is 11.2. The number of carbonyl (C=O) groups excluding carboxylic acids is 1. The Hall–Kier alpha value is 0.110. The molecule has 0 aliphatic rings. The van der Waals surface area contributed by atoms with Crippen LogP contribution in [0.4, 0.5) is 0 Å². The zero-order valence-electron chi connectivity index (χ0n) is 9.06. The topological polar surface area (TPSA) is 26.3 Å². The van der Waals surface area contributed by atoms with Crippen molar-refractivity contribution >= 4 is 21.7 Å². The fourth-order valence-electron chi connectivity index (χ4n) is 1.11. The quantitative estimate of drug-likeness (QED) is 0.447. The van der Waals surface area contributed by atoms with Crippen molar-refractivity contribution in [1.82, 2.24) is 0 Å². The Morgan fingerprint density at radius 3 is 2.43 bits per heavy atom. The molecule has 0 rings (SSSR count). The summed E-state index contributed by atoms with van der Waals surface area (Å²) in [5, 5.41) is 0.922. The van der Waals surface area contributed by atoms with Crippen molar-refractivity contribution in [2.45, 2.75) is 45.4 Å². The summed E-state index contributed by atoms with van der Waals surface area (Å²) in [6, 6.07) is 0. The number of hydrogen-bond acceptors (Lipinski definition) is 2. The lowest BCUT2D eigenvalue weighted by molar-refractivity contribution is -0.119. The molecule has 0 bridgehead atoms. The van der Waals surface area contributed by atoms with Gasteiger partial charge in [0.05, 0.1) is 0 Å². The van der Waals surface area contributed by atoms with E-state index in [2.05, 4.69) is 22.9 Å². The molecule has 84 valence electrons. The average Bonchev–Trinajstić information content (AvgIpc) is 2.20. The Morgan fingerprint density at radius 1 is 1.14 bits per heavy atom. The van der Waals surface area contributed by atoms with Gasteiger partial charge in [-0.3, -0.25) is 4.79 Å². The summed E-state index contributed by atoms with van der Waals surface area (Å²) in [7, 11) is 0. The summed E-state index contributed by atoms with van der Waals surface area (Å²) in [5.74, 6) is 0.364. The first kappa shape index (κ1) is 14.1. The lowest BCUT2D eigenvalue weighted by Crippen LogP contribution is -2.02. The van der Waals surface area contributed by atoms with Crippen LogP contribution in [0.25, 0.3) is 0 Å². The van der Waals surface area contributed by atoms with Gasteiger partial charge in [-0.1, -0.05) is 29.3 Å². The molecule has 0 aliphatic carbocycles. The highest BCUT2D eigenvalue weighted by Crippen LogP contribution is 2.01. The van der Waals surface area contributed by atoms with E-state index in [4.69, 9.17) is 4.74 Å². The number of hydrogen-bond donors (Lipinski definition) is 0. The van der Waals surface area contributed by atoms with Gasteiger partial charge in [0.2, 0.25) is 0 Å². The summed E-state index contributed by atoms with van der Waals surface area (Å²) in [4.78, 5) is 11.2. The van der Waals surface area contributed by atoms with Crippen molar-refractivity contribution in [1.29, 1.82) is 0 Å². The van der Waals surface area contributed by atoms with E-state index in [-0.39, 0.29) is 0 Å². The molecule has 0 aromatic heterocycles. The molecule has 0 unspecified atom stereocenters. The van der Waals surface area contributed by atoms with Crippen molar-refractivity contribution in [2.24, 2.45) is 0 Å². The first-order valence-corrected chi connectivity index (χ1v) is 6.58. The van der Waals surface area contributed by atoms with Crippen LogP contribution in [0.2, 0.25) is 0 Å². The van der Waals surface area contributed by atoms with Crippen LogP contribution in [0.1, 0.15) is 45.4 Å². The Bertz CT molecular complexity index is 137. The van der Waals surface area contributed by atoms with Crippen LogP contribution in [0.5, 0.6) is 0 Å². The smallest absolute Gasteiger partial charge is 0.133 e. The molecule has 0 spiro atoms. The van der Waals surface area contributed by atoms with Gasteiger partial charge in [0, 0.05) is 31.4 Å². The maximum Gasteiger partial charge on any atom is 0.133 e. The number of alkyl halides is 1. The minimum Gasteiger partial charge on any atom is -0.381 e. The summed E-state index contributed by atoms with van der Waals surface area (Å²) >= 11 is 3.31. The lowest BCUT2D eigenvalue weighted by atomic mass is 10.1. The Balaban J connectivity index is 3.07. The number of ketones is 1. The fraction of sp³-hybridized carbons (Fsp3) is 0.909. The fourth-order valence-corrected chi connectivity index (χ4v) is 1.39. The summed E-state index contributed by atoms with van der Waals surface area (Å²) in [6.07, 6.45) is 5.52. The molecule has 0 amide bonds. The van der Waals surface area contributed by atoms with Gasteiger partial charge in [0.15, 0.2) is 0 Å². The van der Waals surface area contributed by atoms with Gasteiger partial charge in [-0.2, -0.15) is 0 Å². The third kappa shape index (κ3) is 10.2. The monoisotopic (exact) mass is 264 g/mol. The van der Waals surface area contributed by atoms with E-state index in [9.17, 15) is 4.79 Å². The van der Waals surface area contributed by atoms with E-state index in [0.717, 1.165) is 37.8 Å². The normalized spacial score (nSPS) is 10.4. The number of ether oxygens (including phenoxy) is 1. The van der Waals surface area contributed by atoms with E-state index >= 15 is 0 Å². The lowest BCUT2D eigenvalue weighted by Gasteiger charge is -2.02. The van der Waals surface area contributed by atoms with Crippen molar-refractivity contribution < 1.29 is 9.53 Å². The molecule has 0 aromatic carbocycles. The Kier molecular flexibility index (Phi) is 11.3. The highest BCUT2D eigenvalue weighted by atomic mass is 79.9. The zero-order valence-corrected chi connectivity index (χ0v) is 10.6. The van der Waals surface area contributed by atoms with Gasteiger partial charge < -0.3 is 4.74 Å². The maximum absolute atomic E-state index is 11.2. The highest BCUT2D eigenvalue weighted by molar-refractivity contribution is 9.09. The maximum atomic E-state index is 11.2. The number of halogens is 1. The van der Waals surface area contributed by atoms with Gasteiger partial charge in [0.25, 0.3) is 0 Å². The molecule has 3 heteroatoms. The molecule has 2 nitrogen and oxygen atoms in total. The molecular weight excluding hydrogens is 244 g/mol. The molecule has 14 heavy (non-hydrogen) atoms. The molecule has 0 radical (unpaired) electrons. The van der Waals surface area contributed by atoms with Crippen LogP contribution in [-0.4, -0.2) is 24.3 Å². The highest BCUT2D eigenvalue weighted by Gasteiger charge is 2.00. The van der Waals surface area contributed by atoms with Gasteiger partial charge in [-0.05, 0) is 19.3 Å². The van der Waals surface area contributed by atoms with Crippen LogP contribution in [0, 0.1) is 0 Å². The predicted molar refractivity (Wildman–Crippen MR) is 63.0 cm³/mol. The predicted octanol–water partition coefficient (Wildman–Crippen LogP) is 3.33. The van der Waals surface area contributed by atoms with E-state index in [1.165, 1.54) is 6.42 Å². The van der Waals surface area contributed by atoms with Crippen LogP contribution in [0.15, 0.2) is 0 Å². The molecule has 0 saturated heterocycles. The number of Topliss-reactive ketones (excluding diaryl/α,β-unsaturated/α-hetero) is 1. The molecule has 0 fully saturated rings. The largest absolute Gasteiger partial charge is 0.381 e. The average molecular weight is 265 g/mol. The van der Waals surface area contributed by atoms with Crippen LogP contribution >= 0.6 is 15.9 Å². The van der Waals surface area contributed by atoms with E-state index < -0.39 is 0 Å². The molecule has 0 saturated carbocycles.